The van der Waals surface area contributed by atoms with Crippen LogP contribution in [0.1, 0.15) is 22.9 Å². The summed E-state index contributed by atoms with van der Waals surface area (Å²) >= 11 is 0. The number of hydrogen-bond donors (Lipinski definition) is 0. The van der Waals surface area contributed by atoms with E-state index in [0.717, 1.165) is 49.2 Å². The van der Waals surface area contributed by atoms with Gasteiger partial charge in [0, 0.05) is 46.0 Å². The van der Waals surface area contributed by atoms with Crippen LogP contribution < -0.4 is 23.8 Å². The number of benzene rings is 3. The number of anilines is 1. The van der Waals surface area contributed by atoms with Crippen LogP contribution in [0.3, 0.4) is 0 Å². The van der Waals surface area contributed by atoms with Crippen LogP contribution >= 0.6 is 0 Å². The summed E-state index contributed by atoms with van der Waals surface area (Å²) in [6.07, 6.45) is 0.173. The summed E-state index contributed by atoms with van der Waals surface area (Å²) in [7, 11) is 4.14. The van der Waals surface area contributed by atoms with Gasteiger partial charge in [0.15, 0.2) is 23.0 Å². The summed E-state index contributed by atoms with van der Waals surface area (Å²) in [5.41, 5.74) is 4.95. The van der Waals surface area contributed by atoms with Gasteiger partial charge in [0.05, 0.1) is 6.17 Å². The van der Waals surface area contributed by atoms with Crippen molar-refractivity contribution in [3.05, 3.63) is 77.4 Å². The molecule has 0 saturated carbocycles. The van der Waals surface area contributed by atoms with E-state index in [1.807, 2.05) is 12.1 Å². The zero-order valence-electron chi connectivity index (χ0n) is 19.6. The third-order valence-corrected chi connectivity index (χ3v) is 6.72. The topological polar surface area (TPSA) is 46.6 Å². The highest BCUT2D eigenvalue weighted by atomic mass is 16.7. The Labute approximate surface area is 200 Å². The Morgan fingerprint density at radius 1 is 0.676 bits per heavy atom. The van der Waals surface area contributed by atoms with Gasteiger partial charge >= 0.3 is 0 Å². The number of hydrogen-bond acceptors (Lipinski definition) is 7. The summed E-state index contributed by atoms with van der Waals surface area (Å²) in [5.74, 6) is 3.32. The molecule has 6 rings (SSSR count). The van der Waals surface area contributed by atoms with Crippen molar-refractivity contribution in [3.8, 4) is 23.0 Å². The molecule has 3 heterocycles. The molecule has 0 unspecified atom stereocenters. The highest BCUT2D eigenvalue weighted by Gasteiger charge is 2.33. The van der Waals surface area contributed by atoms with Gasteiger partial charge in [-0.2, -0.15) is 0 Å². The average molecular weight is 460 g/mol. The van der Waals surface area contributed by atoms with Gasteiger partial charge in [-0.1, -0.05) is 24.3 Å². The van der Waals surface area contributed by atoms with E-state index in [2.05, 4.69) is 77.3 Å². The van der Waals surface area contributed by atoms with Crippen molar-refractivity contribution in [1.29, 1.82) is 0 Å². The zero-order valence-corrected chi connectivity index (χ0v) is 19.6. The lowest BCUT2D eigenvalue weighted by molar-refractivity contribution is 0.125. The molecular weight excluding hydrogens is 430 g/mol. The van der Waals surface area contributed by atoms with Gasteiger partial charge in [0.25, 0.3) is 0 Å². The number of fused-ring (bicyclic) bond motifs is 2. The molecule has 0 amide bonds. The Morgan fingerprint density at radius 2 is 1.18 bits per heavy atom. The van der Waals surface area contributed by atoms with Gasteiger partial charge in [-0.25, -0.2) is 0 Å². The molecule has 34 heavy (non-hydrogen) atoms. The third kappa shape index (κ3) is 4.02. The van der Waals surface area contributed by atoms with Crippen molar-refractivity contribution in [1.82, 2.24) is 9.80 Å². The molecule has 0 aromatic heterocycles. The molecule has 1 fully saturated rings. The normalized spacial score (nSPS) is 17.5. The van der Waals surface area contributed by atoms with E-state index < -0.39 is 0 Å². The van der Waals surface area contributed by atoms with Crippen LogP contribution in [0, 0.1) is 0 Å². The highest BCUT2D eigenvalue weighted by Crippen LogP contribution is 2.38. The highest BCUT2D eigenvalue weighted by molar-refractivity contribution is 5.47. The van der Waals surface area contributed by atoms with Crippen molar-refractivity contribution in [3.63, 3.8) is 0 Å². The minimum Gasteiger partial charge on any atom is -0.454 e. The Hall–Kier alpha value is -3.42. The fourth-order valence-electron chi connectivity index (χ4n) is 4.98. The second-order valence-electron chi connectivity index (χ2n) is 9.18. The van der Waals surface area contributed by atoms with Crippen LogP contribution in [-0.4, -0.2) is 50.6 Å². The summed E-state index contributed by atoms with van der Waals surface area (Å²) in [6.45, 7) is 4.25. The van der Waals surface area contributed by atoms with Crippen molar-refractivity contribution >= 4 is 5.69 Å². The van der Waals surface area contributed by atoms with Gasteiger partial charge in [-0.15, -0.1) is 0 Å². The summed E-state index contributed by atoms with van der Waals surface area (Å²) in [5, 5.41) is 0. The molecule has 3 aliphatic rings. The third-order valence-electron chi connectivity index (χ3n) is 6.72. The first-order chi connectivity index (χ1) is 16.6. The van der Waals surface area contributed by atoms with Gasteiger partial charge in [-0.3, -0.25) is 9.80 Å². The standard InChI is InChI=1S/C27H29N3O4/c1-28(2)22-7-5-21(6-8-22)27-29(15-19-3-9-23-25(13-19)33-17-31-23)11-12-30(27)16-20-4-10-24-26(14-20)34-18-32-24/h3-10,13-14,27H,11-12,15-18H2,1-2H3. The SMILES string of the molecule is CN(C)c1ccc(C2N(Cc3ccc4c(c3)OCO4)CCN2Cc2ccc3c(c2)OCO3)cc1. The molecule has 0 N–H and O–H groups in total. The van der Waals surface area contributed by atoms with Crippen molar-refractivity contribution in [2.75, 3.05) is 45.7 Å². The fourth-order valence-corrected chi connectivity index (χ4v) is 4.98. The molecule has 7 heteroatoms. The van der Waals surface area contributed by atoms with Crippen molar-refractivity contribution < 1.29 is 18.9 Å². The first-order valence-corrected chi connectivity index (χ1v) is 11.7. The van der Waals surface area contributed by atoms with Gasteiger partial charge < -0.3 is 23.8 Å². The van der Waals surface area contributed by atoms with Crippen molar-refractivity contribution in [2.45, 2.75) is 19.3 Å². The Morgan fingerprint density at radius 3 is 1.68 bits per heavy atom. The second-order valence-corrected chi connectivity index (χ2v) is 9.18. The smallest absolute Gasteiger partial charge is 0.231 e. The molecule has 0 spiro atoms. The van der Waals surface area contributed by atoms with Gasteiger partial charge in [0.2, 0.25) is 13.6 Å². The maximum atomic E-state index is 5.61. The zero-order chi connectivity index (χ0) is 23.1. The van der Waals surface area contributed by atoms with E-state index in [4.69, 9.17) is 18.9 Å². The number of rotatable bonds is 6. The summed E-state index contributed by atoms with van der Waals surface area (Å²) in [6, 6.07) is 21.4. The van der Waals surface area contributed by atoms with E-state index in [0.29, 0.717) is 13.6 Å². The van der Waals surface area contributed by atoms with Crippen LogP contribution in [0.25, 0.3) is 0 Å². The lowest BCUT2D eigenvalue weighted by Gasteiger charge is -2.31. The number of ether oxygens (including phenoxy) is 4. The summed E-state index contributed by atoms with van der Waals surface area (Å²) in [4.78, 5) is 7.21. The lowest BCUT2D eigenvalue weighted by atomic mass is 10.1. The minimum atomic E-state index is 0.173. The molecule has 0 bridgehead atoms. The second kappa shape index (κ2) is 8.74. The molecule has 176 valence electrons. The maximum absolute atomic E-state index is 5.61. The average Bonchev–Trinajstić information content (AvgIpc) is 3.59. The van der Waals surface area contributed by atoms with Crippen LogP contribution in [0.5, 0.6) is 23.0 Å². The molecular formula is C27H29N3O4. The maximum Gasteiger partial charge on any atom is 0.231 e. The van der Waals surface area contributed by atoms with Crippen LogP contribution in [0.15, 0.2) is 60.7 Å². The molecule has 3 aliphatic heterocycles. The summed E-state index contributed by atoms with van der Waals surface area (Å²) < 4.78 is 22.2. The Kier molecular flexibility index (Phi) is 5.43. The molecule has 0 radical (unpaired) electrons. The first-order valence-electron chi connectivity index (χ1n) is 11.7. The van der Waals surface area contributed by atoms with E-state index in [1.165, 1.54) is 22.4 Å². The van der Waals surface area contributed by atoms with Crippen LogP contribution in [0.2, 0.25) is 0 Å². The molecule has 0 aliphatic carbocycles. The molecule has 1 saturated heterocycles. The lowest BCUT2D eigenvalue weighted by Crippen LogP contribution is -2.30. The van der Waals surface area contributed by atoms with E-state index in [-0.39, 0.29) is 6.17 Å². The van der Waals surface area contributed by atoms with Gasteiger partial charge in [0.1, 0.15) is 0 Å². The Balaban J connectivity index is 1.27. The van der Waals surface area contributed by atoms with E-state index in [9.17, 15) is 0 Å². The van der Waals surface area contributed by atoms with Crippen LogP contribution in [0.4, 0.5) is 5.69 Å². The molecule has 3 aromatic carbocycles. The van der Waals surface area contributed by atoms with E-state index >= 15 is 0 Å². The fraction of sp³-hybridized carbons (Fsp3) is 0.333. The minimum absolute atomic E-state index is 0.173. The van der Waals surface area contributed by atoms with Crippen LogP contribution in [-0.2, 0) is 13.1 Å². The first kappa shape index (κ1) is 21.1. The van der Waals surface area contributed by atoms with Crippen molar-refractivity contribution in [2.24, 2.45) is 0 Å². The molecule has 7 nitrogen and oxygen atoms in total. The predicted molar refractivity (Wildman–Crippen MR) is 129 cm³/mol. The largest absolute Gasteiger partial charge is 0.454 e. The van der Waals surface area contributed by atoms with E-state index in [1.54, 1.807) is 0 Å². The van der Waals surface area contributed by atoms with Gasteiger partial charge in [-0.05, 0) is 53.1 Å². The Bertz CT molecular complexity index is 1110. The molecule has 0 atom stereocenters. The monoisotopic (exact) mass is 459 g/mol. The quantitative estimate of drug-likeness (QED) is 0.547. The molecule has 3 aromatic rings. The number of nitrogens with zero attached hydrogens (tertiary/aromatic N) is 3. The predicted octanol–water partition coefficient (Wildman–Crippen LogP) is 4.23.